The van der Waals surface area contributed by atoms with E-state index in [0.29, 0.717) is 43.8 Å². The van der Waals surface area contributed by atoms with Gasteiger partial charge in [-0.25, -0.2) is 4.79 Å². The van der Waals surface area contributed by atoms with E-state index < -0.39 is 89.8 Å². The second-order valence-electron chi connectivity index (χ2n) is 21.5. The van der Waals surface area contributed by atoms with Crippen molar-refractivity contribution >= 4 is 82.9 Å². The van der Waals surface area contributed by atoms with Gasteiger partial charge in [-0.2, -0.15) is 0 Å². The number of hydrogen-bond donors (Lipinski definition) is 23. The Bertz CT molecular complexity index is 2400. The Kier molecular flexibility index (Phi) is 78.0. The Balaban J connectivity index is -0.000000152. The third-order valence-corrected chi connectivity index (χ3v) is 11.6. The van der Waals surface area contributed by atoms with Crippen molar-refractivity contribution in [3.05, 3.63) is 60.2 Å². The lowest BCUT2D eigenvalue weighted by molar-refractivity contribution is -0.143. The fourth-order valence-electron chi connectivity index (χ4n) is 5.95. The summed E-state index contributed by atoms with van der Waals surface area (Å²) in [6.07, 6.45) is 9.83. The number of rotatable bonds is 28. The van der Waals surface area contributed by atoms with E-state index in [2.05, 4.69) is 32.3 Å². The highest BCUT2D eigenvalue weighted by Gasteiger charge is 2.23. The largest absolute Gasteiger partial charge is 0.481 e. The fourth-order valence-corrected chi connectivity index (χ4v) is 5.95. The number of carboxylic acids is 11. The molecule has 1 saturated heterocycles. The van der Waals surface area contributed by atoms with Gasteiger partial charge in [0.15, 0.2) is 0 Å². The van der Waals surface area contributed by atoms with E-state index in [1.165, 1.54) is 6.92 Å². The molecule has 1 amide bonds. The molecule has 35 nitrogen and oxygen atoms in total. The third kappa shape index (κ3) is 89.4. The molecule has 1 heterocycles. The predicted octanol–water partition coefficient (Wildman–Crippen LogP) is 2.58. The van der Waals surface area contributed by atoms with E-state index in [-0.39, 0.29) is 56.1 Å². The quantitative estimate of drug-likeness (QED) is 0.0544. The van der Waals surface area contributed by atoms with Gasteiger partial charge < -0.3 is 123 Å². The molecule has 4 atom stereocenters. The molecule has 0 spiro atoms. The maximum Gasteiger partial charge on any atom is 0.335 e. The lowest BCUT2D eigenvalue weighted by Gasteiger charge is -2.22. The number of hydrogen-bond acceptors (Lipinski definition) is 23. The number of para-hydroxylation sites is 1. The highest BCUT2D eigenvalue weighted by atomic mass is 16.4. The molecular formula is C63H118N12O23. The van der Waals surface area contributed by atoms with Crippen molar-refractivity contribution in [2.45, 2.75) is 175 Å². The minimum absolute atomic E-state index is 0.0208. The average molecular weight is 1410 g/mol. The van der Waals surface area contributed by atoms with Gasteiger partial charge in [-0.3, -0.25) is 52.7 Å². The number of carbonyl (C=O) groups is 12. The summed E-state index contributed by atoms with van der Waals surface area (Å²) in [5, 5.41) is 104. The summed E-state index contributed by atoms with van der Waals surface area (Å²) in [6, 6.07) is 13.4. The SMILES string of the molecule is CC(C)C[C@H](N)C(=O)O.CC(C)[C@H](N)C(=O)O.CCNCCC(=O)O.CNCCCCCC(=O)O.CNc1ccc(C(=O)O)cc1.C[C@H](N)C(=O)O.C[C@H](Nc1ccccc1)C(=O)O.NC1CCC(C(=O)O)CC1.NCC(=O)O.NCCC(=O)O.NCCCC(=O)O.O=C1CCCN1. The minimum atomic E-state index is -0.968. The van der Waals surface area contributed by atoms with Gasteiger partial charge in [0, 0.05) is 63.4 Å². The second-order valence-corrected chi connectivity index (χ2v) is 21.5. The molecule has 30 N–H and O–H groups in total. The van der Waals surface area contributed by atoms with Crippen LogP contribution in [-0.4, -0.2) is 218 Å². The summed E-state index contributed by atoms with van der Waals surface area (Å²) in [7, 11) is 3.69. The van der Waals surface area contributed by atoms with Crippen molar-refractivity contribution < 1.29 is 114 Å². The Labute approximate surface area is 574 Å². The van der Waals surface area contributed by atoms with E-state index in [1.807, 2.05) is 58.2 Å². The lowest BCUT2D eigenvalue weighted by Crippen LogP contribution is -2.34. The number of nitrogens with one attached hydrogen (secondary N) is 5. The zero-order chi connectivity index (χ0) is 77.7. The summed E-state index contributed by atoms with van der Waals surface area (Å²) >= 11 is 0. The Hall–Kier alpha value is -8.68. The van der Waals surface area contributed by atoms with Crippen molar-refractivity contribution in [2.24, 2.45) is 57.9 Å². The molecule has 0 unspecified atom stereocenters. The Morgan fingerprint density at radius 3 is 1.30 bits per heavy atom. The van der Waals surface area contributed by atoms with Gasteiger partial charge in [0.2, 0.25) is 5.91 Å². The normalized spacial score (nSPS) is 13.7. The van der Waals surface area contributed by atoms with Crippen LogP contribution < -0.4 is 66.7 Å². The van der Waals surface area contributed by atoms with Crippen molar-refractivity contribution in [3.63, 3.8) is 0 Å². The van der Waals surface area contributed by atoms with E-state index in [9.17, 15) is 57.5 Å². The molecule has 1 aliphatic heterocycles. The first-order valence-corrected chi connectivity index (χ1v) is 31.4. The van der Waals surface area contributed by atoms with E-state index in [1.54, 1.807) is 52.1 Å². The molecule has 1 saturated carbocycles. The molecule has 4 rings (SSSR count). The molecule has 35 heteroatoms. The second kappa shape index (κ2) is 72.6. The first kappa shape index (κ1) is 105. The monoisotopic (exact) mass is 1410 g/mol. The molecule has 2 aromatic carbocycles. The standard InChI is InChI=1S/C9H11NO2.C8H9NO2.C7H13NO2.C7H15NO2.C6H13NO2.2C5H11NO2.C4H9NO2.C4H7NO.2C3H7NO2.C2H5NO2/c1-7(9(11)12)10-8-5-3-2-4-6-8;1-9-7-4-2-6(3-5-7)8(10)11;8-6-3-1-5(2-4-6)7(9)10;1-8-6-4-2-3-5-7(9)10;1-4(2)3-5(7)6(8)9;1-3(2)4(6)5(7)8;1-2-6-4-3-5(7)8;5-3-1-2-4(6)7;6-4-2-1-3-5-4;1-2(4)3(5)6;4-2-1-3(5)6;3-1-2(4)5/h2-7,10H,1H3,(H,11,12);2-5,9H,1H3,(H,10,11);5-6H,1-4,8H2,(H,9,10);8H,2-6H2,1H3,(H,9,10);4-5H,3,7H2,1-2H3,(H,8,9);3-4H,6H2,1-2H3,(H,7,8);6H,2-4H2,1H3,(H,7,8);1-3,5H2,(H,6,7);1-3H2,(H,5,6);2H,4H2,1H3,(H,5,6);1-2,4H2,(H,5,6);1,3H2,(H,4,5)/t7-;;;;5-;4-;;;;2-;;/m0...00...0../s1. The van der Waals surface area contributed by atoms with Gasteiger partial charge in [0.1, 0.15) is 24.2 Å². The molecule has 0 bridgehead atoms. The molecule has 98 heavy (non-hydrogen) atoms. The number of benzene rings is 2. The molecule has 0 radical (unpaired) electrons. The van der Waals surface area contributed by atoms with Crippen molar-refractivity contribution in [3.8, 4) is 0 Å². The summed E-state index contributed by atoms with van der Waals surface area (Å²) in [6.45, 7) is 16.1. The van der Waals surface area contributed by atoms with E-state index in [4.69, 9.17) is 90.6 Å². The molecule has 0 aromatic heterocycles. The highest BCUT2D eigenvalue weighted by Crippen LogP contribution is 2.23. The number of anilines is 2. The number of nitrogens with two attached hydrogens (primary N) is 7. The summed E-state index contributed by atoms with van der Waals surface area (Å²) in [5.41, 5.74) is 37.3. The summed E-state index contributed by atoms with van der Waals surface area (Å²) < 4.78 is 0. The summed E-state index contributed by atoms with van der Waals surface area (Å²) in [4.78, 5) is 119. The number of aromatic carboxylic acids is 1. The maximum atomic E-state index is 10.4. The molecular weight excluding hydrogens is 1290 g/mol. The van der Waals surface area contributed by atoms with Crippen LogP contribution in [0.2, 0.25) is 0 Å². The molecule has 568 valence electrons. The number of amides is 1. The molecule has 2 aliphatic rings. The van der Waals surface area contributed by atoms with E-state index >= 15 is 0 Å². The Morgan fingerprint density at radius 2 is 1.04 bits per heavy atom. The van der Waals surface area contributed by atoms with Gasteiger partial charge in [0.25, 0.3) is 0 Å². The van der Waals surface area contributed by atoms with Crippen LogP contribution >= 0.6 is 0 Å². The lowest BCUT2D eigenvalue weighted by atomic mass is 9.87. The van der Waals surface area contributed by atoms with Crippen LogP contribution in [-0.2, 0) is 52.7 Å². The predicted molar refractivity (Wildman–Crippen MR) is 371 cm³/mol. The number of carbonyl (C=O) groups excluding carboxylic acids is 1. The van der Waals surface area contributed by atoms with Crippen LogP contribution in [0, 0.1) is 17.8 Å². The first-order chi connectivity index (χ1) is 45.6. The first-order valence-electron chi connectivity index (χ1n) is 31.4. The van der Waals surface area contributed by atoms with Crippen LogP contribution in [0.15, 0.2) is 54.6 Å². The van der Waals surface area contributed by atoms with Gasteiger partial charge in [0.05, 0.1) is 30.9 Å². The zero-order valence-electron chi connectivity index (χ0n) is 58.2. The van der Waals surface area contributed by atoms with Crippen LogP contribution in [0.25, 0.3) is 0 Å². The topological polar surface area (TPSA) is 670 Å². The van der Waals surface area contributed by atoms with Gasteiger partial charge >= 0.3 is 65.7 Å². The van der Waals surface area contributed by atoms with Crippen molar-refractivity contribution in [2.75, 3.05) is 70.5 Å². The number of unbranched alkanes of at least 4 members (excludes halogenated alkanes) is 2. The minimum Gasteiger partial charge on any atom is -0.481 e. The number of aliphatic carboxylic acids is 10. The molecule has 2 fully saturated rings. The van der Waals surface area contributed by atoms with Crippen LogP contribution in [0.3, 0.4) is 0 Å². The highest BCUT2D eigenvalue weighted by molar-refractivity contribution is 5.88. The van der Waals surface area contributed by atoms with Crippen LogP contribution in [0.5, 0.6) is 0 Å². The fraction of sp³-hybridized carbons (Fsp3) is 0.619. The maximum absolute atomic E-state index is 10.4. The third-order valence-electron chi connectivity index (χ3n) is 11.6. The van der Waals surface area contributed by atoms with Gasteiger partial charge in [-0.15, -0.1) is 0 Å². The zero-order valence-corrected chi connectivity index (χ0v) is 58.2. The van der Waals surface area contributed by atoms with Crippen molar-refractivity contribution in [1.82, 2.24) is 16.0 Å². The average Bonchev–Trinajstić information content (AvgIpc) is 1.10. The van der Waals surface area contributed by atoms with Gasteiger partial charge in [-0.1, -0.05) is 59.2 Å². The van der Waals surface area contributed by atoms with Crippen LogP contribution in [0.1, 0.15) is 155 Å². The smallest absolute Gasteiger partial charge is 0.335 e. The van der Waals surface area contributed by atoms with E-state index in [0.717, 1.165) is 88.8 Å². The summed E-state index contributed by atoms with van der Waals surface area (Å²) in [5.74, 6) is -8.76. The molecule has 1 aliphatic carbocycles. The number of carboxylic acid groups (broad SMARTS) is 11. The van der Waals surface area contributed by atoms with Crippen LogP contribution in [0.4, 0.5) is 11.4 Å². The molecule has 2 aromatic rings. The van der Waals surface area contributed by atoms with Gasteiger partial charge in [-0.05, 0) is 147 Å². The Morgan fingerprint density at radius 1 is 0.561 bits per heavy atom. The van der Waals surface area contributed by atoms with Crippen molar-refractivity contribution in [1.29, 1.82) is 0 Å².